The Balaban J connectivity index is 3.25. The van der Waals surface area contributed by atoms with E-state index >= 15 is 0 Å². The van der Waals surface area contributed by atoms with Gasteiger partial charge in [0, 0.05) is 13.0 Å². The van der Waals surface area contributed by atoms with Gasteiger partial charge < -0.3 is 9.84 Å². The van der Waals surface area contributed by atoms with E-state index < -0.39 is 0 Å². The number of aliphatic hydroxyl groups is 1. The third-order valence-electron chi connectivity index (χ3n) is 5.15. The Kier molecular flexibility index (Phi) is 24.0. The Morgan fingerprint density at radius 3 is 1.90 bits per heavy atom. The van der Waals surface area contributed by atoms with Crippen molar-refractivity contribution >= 4 is 5.97 Å². The monoisotopic (exact) mass is 408 g/mol. The maximum absolute atomic E-state index is 11.7. The molecule has 0 aromatic rings. The van der Waals surface area contributed by atoms with Gasteiger partial charge in [0.2, 0.25) is 0 Å². The Hall–Kier alpha value is -1.09. The molecule has 0 unspecified atom stereocenters. The van der Waals surface area contributed by atoms with Crippen molar-refractivity contribution in [3.8, 4) is 0 Å². The molecule has 0 aliphatic rings. The highest BCUT2D eigenvalue weighted by atomic mass is 16.5. The van der Waals surface area contributed by atoms with Crippen LogP contribution in [0.25, 0.3) is 0 Å². The molecule has 0 spiro atoms. The summed E-state index contributed by atoms with van der Waals surface area (Å²) < 4.78 is 5.31. The lowest BCUT2D eigenvalue weighted by Crippen LogP contribution is -2.05. The first-order valence-electron chi connectivity index (χ1n) is 12.4. The third-order valence-corrected chi connectivity index (χ3v) is 5.15. The molecule has 0 aliphatic carbocycles. The number of ether oxygens (including phenoxy) is 1. The molecule has 0 bridgehead atoms. The first kappa shape index (κ1) is 27.9. The standard InChI is InChI=1S/C26H48O3/c1-2-3-4-5-19-22-25-29-26(28)23-20-17-15-13-11-9-7-6-8-10-12-14-16-18-21-24-27/h6-7,10,12,27H,2-5,8-9,11,13-25H2,1H3/b7-6-,12-10-. The van der Waals surface area contributed by atoms with Crippen LogP contribution in [-0.4, -0.2) is 24.3 Å². The van der Waals surface area contributed by atoms with E-state index in [4.69, 9.17) is 9.84 Å². The summed E-state index contributed by atoms with van der Waals surface area (Å²) in [5, 5.41) is 8.71. The van der Waals surface area contributed by atoms with Crippen LogP contribution in [0.1, 0.15) is 122 Å². The smallest absolute Gasteiger partial charge is 0.305 e. The van der Waals surface area contributed by atoms with Crippen molar-refractivity contribution in [1.82, 2.24) is 0 Å². The SMILES string of the molecule is CCCCCCCCOC(=O)CCCCCCC/C=C\C/C=C\CCCCCO. The summed E-state index contributed by atoms with van der Waals surface area (Å²) in [6.07, 6.45) is 29.3. The van der Waals surface area contributed by atoms with Crippen LogP contribution in [0.5, 0.6) is 0 Å². The fourth-order valence-corrected chi connectivity index (χ4v) is 3.26. The highest BCUT2D eigenvalue weighted by Crippen LogP contribution is 2.09. The zero-order valence-corrected chi connectivity index (χ0v) is 19.2. The lowest BCUT2D eigenvalue weighted by molar-refractivity contribution is -0.143. The van der Waals surface area contributed by atoms with Crippen LogP contribution < -0.4 is 0 Å². The van der Waals surface area contributed by atoms with Crippen LogP contribution in [0.2, 0.25) is 0 Å². The number of rotatable bonds is 22. The second-order valence-electron chi connectivity index (χ2n) is 8.05. The molecule has 1 N–H and O–H groups in total. The van der Waals surface area contributed by atoms with Crippen molar-refractivity contribution in [3.63, 3.8) is 0 Å². The van der Waals surface area contributed by atoms with Gasteiger partial charge >= 0.3 is 5.97 Å². The van der Waals surface area contributed by atoms with Gasteiger partial charge in [-0.3, -0.25) is 4.79 Å². The molecular formula is C26H48O3. The molecule has 0 heterocycles. The van der Waals surface area contributed by atoms with Crippen LogP contribution in [0.15, 0.2) is 24.3 Å². The summed E-state index contributed by atoms with van der Waals surface area (Å²) in [6, 6.07) is 0. The molecule has 29 heavy (non-hydrogen) atoms. The minimum absolute atomic E-state index is 0.0112. The highest BCUT2D eigenvalue weighted by molar-refractivity contribution is 5.69. The van der Waals surface area contributed by atoms with Crippen LogP contribution in [-0.2, 0) is 9.53 Å². The Morgan fingerprint density at radius 1 is 0.690 bits per heavy atom. The molecule has 0 saturated heterocycles. The fourth-order valence-electron chi connectivity index (χ4n) is 3.26. The predicted molar refractivity (Wildman–Crippen MR) is 125 cm³/mol. The fraction of sp³-hybridized carbons (Fsp3) is 0.808. The Labute approximate surface area is 181 Å². The van der Waals surface area contributed by atoms with E-state index in [9.17, 15) is 4.79 Å². The van der Waals surface area contributed by atoms with Gasteiger partial charge in [0.25, 0.3) is 0 Å². The summed E-state index contributed by atoms with van der Waals surface area (Å²) in [5.74, 6) is -0.0112. The first-order chi connectivity index (χ1) is 14.3. The highest BCUT2D eigenvalue weighted by Gasteiger charge is 2.02. The molecule has 0 atom stereocenters. The lowest BCUT2D eigenvalue weighted by Gasteiger charge is -2.05. The molecule has 0 fully saturated rings. The van der Waals surface area contributed by atoms with Crippen molar-refractivity contribution < 1.29 is 14.6 Å². The second kappa shape index (κ2) is 24.9. The number of carbonyl (C=O) groups is 1. The summed E-state index contributed by atoms with van der Waals surface area (Å²) in [5.41, 5.74) is 0. The number of hydrogen-bond donors (Lipinski definition) is 1. The molecule has 0 rings (SSSR count). The van der Waals surface area contributed by atoms with Crippen molar-refractivity contribution in [2.24, 2.45) is 0 Å². The molecule has 3 heteroatoms. The zero-order valence-electron chi connectivity index (χ0n) is 19.2. The number of carbonyl (C=O) groups excluding carboxylic acids is 1. The molecule has 3 nitrogen and oxygen atoms in total. The average molecular weight is 409 g/mol. The second-order valence-corrected chi connectivity index (χ2v) is 8.05. The topological polar surface area (TPSA) is 46.5 Å². The molecule has 0 aromatic heterocycles. The summed E-state index contributed by atoms with van der Waals surface area (Å²) in [7, 11) is 0. The Morgan fingerprint density at radius 2 is 1.24 bits per heavy atom. The van der Waals surface area contributed by atoms with E-state index in [2.05, 4.69) is 31.2 Å². The van der Waals surface area contributed by atoms with E-state index in [0.29, 0.717) is 19.6 Å². The maximum atomic E-state index is 11.7. The average Bonchev–Trinajstić information content (AvgIpc) is 2.72. The van der Waals surface area contributed by atoms with E-state index in [-0.39, 0.29) is 5.97 Å². The molecule has 0 aliphatic heterocycles. The summed E-state index contributed by atoms with van der Waals surface area (Å²) in [4.78, 5) is 11.7. The summed E-state index contributed by atoms with van der Waals surface area (Å²) in [6.45, 7) is 3.15. The van der Waals surface area contributed by atoms with Gasteiger partial charge in [0.1, 0.15) is 0 Å². The van der Waals surface area contributed by atoms with Crippen molar-refractivity contribution in [3.05, 3.63) is 24.3 Å². The molecule has 0 aromatic carbocycles. The van der Waals surface area contributed by atoms with Gasteiger partial charge in [0.15, 0.2) is 0 Å². The lowest BCUT2D eigenvalue weighted by atomic mass is 10.1. The van der Waals surface area contributed by atoms with Crippen LogP contribution in [0.4, 0.5) is 0 Å². The predicted octanol–water partition coefficient (Wildman–Crippen LogP) is 7.68. The molecule has 0 radical (unpaired) electrons. The third kappa shape index (κ3) is 24.9. The number of allylic oxidation sites excluding steroid dienone is 4. The van der Waals surface area contributed by atoms with Gasteiger partial charge in [-0.15, -0.1) is 0 Å². The molecule has 170 valence electrons. The van der Waals surface area contributed by atoms with E-state index in [1.807, 2.05) is 0 Å². The van der Waals surface area contributed by atoms with E-state index in [0.717, 1.165) is 51.4 Å². The van der Waals surface area contributed by atoms with Crippen LogP contribution in [0, 0.1) is 0 Å². The van der Waals surface area contributed by atoms with Crippen LogP contribution >= 0.6 is 0 Å². The number of unbranched alkanes of at least 4 members (excludes halogenated alkanes) is 13. The van der Waals surface area contributed by atoms with Gasteiger partial charge in [-0.05, 0) is 51.4 Å². The Bertz CT molecular complexity index is 387. The summed E-state index contributed by atoms with van der Waals surface area (Å²) >= 11 is 0. The zero-order chi connectivity index (χ0) is 21.3. The van der Waals surface area contributed by atoms with Crippen molar-refractivity contribution in [2.75, 3.05) is 13.2 Å². The normalized spacial score (nSPS) is 11.7. The van der Waals surface area contributed by atoms with Crippen molar-refractivity contribution in [2.45, 2.75) is 122 Å². The van der Waals surface area contributed by atoms with E-state index in [1.54, 1.807) is 0 Å². The first-order valence-corrected chi connectivity index (χ1v) is 12.4. The quantitative estimate of drug-likeness (QED) is 0.113. The number of hydrogen-bond acceptors (Lipinski definition) is 3. The maximum Gasteiger partial charge on any atom is 0.305 e. The molecular weight excluding hydrogens is 360 g/mol. The van der Waals surface area contributed by atoms with E-state index in [1.165, 1.54) is 57.8 Å². The van der Waals surface area contributed by atoms with Crippen LogP contribution in [0.3, 0.4) is 0 Å². The largest absolute Gasteiger partial charge is 0.466 e. The number of esters is 1. The van der Waals surface area contributed by atoms with Gasteiger partial charge in [-0.25, -0.2) is 0 Å². The minimum atomic E-state index is -0.0112. The van der Waals surface area contributed by atoms with Gasteiger partial charge in [0.05, 0.1) is 6.61 Å². The van der Waals surface area contributed by atoms with Crippen molar-refractivity contribution in [1.29, 1.82) is 0 Å². The van der Waals surface area contributed by atoms with Gasteiger partial charge in [-0.1, -0.05) is 89.0 Å². The van der Waals surface area contributed by atoms with Gasteiger partial charge in [-0.2, -0.15) is 0 Å². The molecule has 0 saturated carbocycles. The number of aliphatic hydroxyl groups excluding tert-OH is 1. The molecule has 0 amide bonds. The minimum Gasteiger partial charge on any atom is -0.466 e.